The highest BCUT2D eigenvalue weighted by Gasteiger charge is 2.32. The Morgan fingerprint density at radius 3 is 2.46 bits per heavy atom. The van der Waals surface area contributed by atoms with Crippen LogP contribution >= 0.6 is 11.8 Å². The molecule has 0 unspecified atom stereocenters. The fraction of sp³-hybridized carbons (Fsp3) is 0.233. The van der Waals surface area contributed by atoms with Gasteiger partial charge in [-0.3, -0.25) is 0 Å². The molecule has 1 aromatic heterocycles. The minimum atomic E-state index is -0.627. The summed E-state index contributed by atoms with van der Waals surface area (Å²) < 4.78 is 12.8. The van der Waals surface area contributed by atoms with Gasteiger partial charge in [0.2, 0.25) is 0 Å². The molecule has 4 aromatic rings. The third-order valence-corrected chi connectivity index (χ3v) is 7.28. The van der Waals surface area contributed by atoms with Gasteiger partial charge in [0.25, 0.3) is 0 Å². The van der Waals surface area contributed by atoms with Crippen LogP contribution in [0.3, 0.4) is 0 Å². The van der Waals surface area contributed by atoms with Crippen LogP contribution in [-0.2, 0) is 22.6 Å². The summed E-state index contributed by atoms with van der Waals surface area (Å²) in [5.74, 6) is 0.662. The zero-order valence-corrected chi connectivity index (χ0v) is 22.1. The molecule has 8 nitrogen and oxygen atoms in total. The van der Waals surface area contributed by atoms with E-state index in [1.807, 2.05) is 78.9 Å². The fourth-order valence-corrected chi connectivity index (χ4v) is 5.09. The molecule has 9 heteroatoms. The third-order valence-electron chi connectivity index (χ3n) is 6.27. The number of aromatic nitrogens is 2. The quantitative estimate of drug-likeness (QED) is 0.186. The van der Waals surface area contributed by atoms with Crippen LogP contribution in [0.2, 0.25) is 0 Å². The number of hydrogen-bond donors (Lipinski definition) is 3. The van der Waals surface area contributed by atoms with Gasteiger partial charge in [0.05, 0.1) is 18.8 Å². The number of nitrogens with one attached hydrogen (secondary N) is 2. The number of ether oxygens (including phenoxy) is 2. The number of anilines is 1. The minimum absolute atomic E-state index is 0.00734. The zero-order valence-electron chi connectivity index (χ0n) is 21.3. The van der Waals surface area contributed by atoms with E-state index in [0.29, 0.717) is 29.6 Å². The van der Waals surface area contributed by atoms with Crippen LogP contribution in [0.5, 0.6) is 0 Å². The lowest BCUT2D eigenvalue weighted by Gasteiger charge is -2.36. The van der Waals surface area contributed by atoms with Crippen molar-refractivity contribution < 1.29 is 19.4 Å². The highest BCUT2D eigenvalue weighted by molar-refractivity contribution is 7.99. The van der Waals surface area contributed by atoms with Gasteiger partial charge in [0.15, 0.2) is 11.4 Å². The van der Waals surface area contributed by atoms with Gasteiger partial charge in [-0.15, -0.1) is 0 Å². The maximum absolute atomic E-state index is 12.5. The van der Waals surface area contributed by atoms with Crippen LogP contribution in [0.15, 0.2) is 102 Å². The second-order valence-electron chi connectivity index (χ2n) is 9.11. The third kappa shape index (κ3) is 7.64. The smallest absolute Gasteiger partial charge is 0.319 e. The molecule has 3 atom stereocenters. The molecule has 1 aliphatic rings. The van der Waals surface area contributed by atoms with E-state index in [0.717, 1.165) is 22.3 Å². The molecule has 200 valence electrons. The summed E-state index contributed by atoms with van der Waals surface area (Å²) in [5, 5.41) is 15.9. The van der Waals surface area contributed by atoms with Gasteiger partial charge in [-0.2, -0.15) is 0 Å². The van der Waals surface area contributed by atoms with Gasteiger partial charge < -0.3 is 25.2 Å². The summed E-state index contributed by atoms with van der Waals surface area (Å²) in [6, 6.07) is 26.5. The van der Waals surface area contributed by atoms with E-state index in [2.05, 4.69) is 20.6 Å². The van der Waals surface area contributed by atoms with Crippen molar-refractivity contribution in [3.05, 3.63) is 120 Å². The van der Waals surface area contributed by atoms with E-state index in [1.165, 1.54) is 0 Å². The Morgan fingerprint density at radius 2 is 1.69 bits per heavy atom. The molecule has 3 aromatic carbocycles. The topological polar surface area (TPSA) is 106 Å². The molecule has 1 saturated heterocycles. The van der Waals surface area contributed by atoms with E-state index >= 15 is 0 Å². The molecule has 5 rings (SSSR count). The maximum Gasteiger partial charge on any atom is 0.319 e. The van der Waals surface area contributed by atoms with E-state index in [1.54, 1.807) is 30.2 Å². The molecule has 0 saturated carbocycles. The van der Waals surface area contributed by atoms with Gasteiger partial charge >= 0.3 is 6.03 Å². The Balaban J connectivity index is 1.28. The number of hydrogen-bond acceptors (Lipinski definition) is 7. The highest BCUT2D eigenvalue weighted by Crippen LogP contribution is 2.39. The van der Waals surface area contributed by atoms with Crippen LogP contribution < -0.4 is 10.6 Å². The Kier molecular flexibility index (Phi) is 9.18. The molecule has 39 heavy (non-hydrogen) atoms. The molecule has 0 spiro atoms. The molecule has 3 N–H and O–H groups in total. The van der Waals surface area contributed by atoms with Crippen molar-refractivity contribution in [1.82, 2.24) is 15.3 Å². The number of urea groups is 1. The lowest BCUT2D eigenvalue weighted by Crippen LogP contribution is -2.31. The highest BCUT2D eigenvalue weighted by atomic mass is 32.2. The largest absolute Gasteiger partial charge is 0.392 e. The van der Waals surface area contributed by atoms with E-state index in [-0.39, 0.29) is 24.8 Å². The Morgan fingerprint density at radius 1 is 0.897 bits per heavy atom. The van der Waals surface area contributed by atoms with Crippen molar-refractivity contribution in [1.29, 1.82) is 0 Å². The number of benzene rings is 3. The van der Waals surface area contributed by atoms with Gasteiger partial charge in [-0.25, -0.2) is 14.8 Å². The molecule has 0 bridgehead atoms. The summed E-state index contributed by atoms with van der Waals surface area (Å²) in [6.45, 7) is 0.426. The predicted octanol–water partition coefficient (Wildman–Crippen LogP) is 5.63. The minimum Gasteiger partial charge on any atom is -0.392 e. The number of nitrogens with zero attached hydrogens (tertiary/aromatic N) is 2. The molecule has 2 heterocycles. The van der Waals surface area contributed by atoms with Crippen LogP contribution in [0.4, 0.5) is 10.5 Å². The number of carbonyl (C=O) groups is 1. The van der Waals surface area contributed by atoms with Crippen molar-refractivity contribution in [2.45, 2.75) is 43.2 Å². The van der Waals surface area contributed by atoms with Crippen molar-refractivity contribution in [2.24, 2.45) is 0 Å². The van der Waals surface area contributed by atoms with E-state index in [9.17, 15) is 9.90 Å². The number of thioether (sulfide) groups is 1. The fourth-order valence-electron chi connectivity index (χ4n) is 4.27. The lowest BCUT2D eigenvalue weighted by molar-refractivity contribution is -0.245. The first kappa shape index (κ1) is 26.8. The van der Waals surface area contributed by atoms with Crippen molar-refractivity contribution in [3.63, 3.8) is 0 Å². The Bertz CT molecular complexity index is 1340. The zero-order chi connectivity index (χ0) is 26.9. The summed E-state index contributed by atoms with van der Waals surface area (Å²) in [6.07, 6.45) is 3.16. The summed E-state index contributed by atoms with van der Waals surface area (Å²) in [4.78, 5) is 21.1. The predicted molar refractivity (Wildman–Crippen MR) is 150 cm³/mol. The van der Waals surface area contributed by atoms with Crippen molar-refractivity contribution in [2.75, 3.05) is 11.1 Å². The molecular weight excluding hydrogens is 512 g/mol. The number of carbonyl (C=O) groups excluding carboxylic acids is 1. The van der Waals surface area contributed by atoms with Gasteiger partial charge in [-0.1, -0.05) is 78.5 Å². The van der Waals surface area contributed by atoms with Gasteiger partial charge in [0.1, 0.15) is 0 Å². The molecule has 1 fully saturated rings. The normalized spacial score (nSPS) is 18.8. The standard InChI is InChI=1S/C30H30N4O4S/c35-19-22-10-12-23(13-11-22)27-17-26(20-39-30-31-14-5-15-32-30)37-28(38-27)24-8-4-9-25(16-24)34-29(36)33-18-21-6-2-1-3-7-21/h1-16,26-28,35H,17-20H2,(H2,33,34,36)/t26-,27+,28+/m1/s1. The van der Waals surface area contributed by atoms with Crippen LogP contribution in [0.1, 0.15) is 41.1 Å². The monoisotopic (exact) mass is 542 g/mol. The average molecular weight is 543 g/mol. The number of rotatable bonds is 9. The molecule has 1 aliphatic heterocycles. The first-order valence-corrected chi connectivity index (χ1v) is 13.7. The Labute approximate surface area is 231 Å². The van der Waals surface area contributed by atoms with Crippen LogP contribution in [-0.4, -0.2) is 33.0 Å². The summed E-state index contributed by atoms with van der Waals surface area (Å²) in [7, 11) is 0. The Hall–Kier alpha value is -3.76. The maximum atomic E-state index is 12.5. The second-order valence-corrected chi connectivity index (χ2v) is 10.1. The first-order chi connectivity index (χ1) is 19.2. The van der Waals surface area contributed by atoms with Crippen molar-refractivity contribution in [3.8, 4) is 0 Å². The molecule has 0 aliphatic carbocycles. The molecule has 0 radical (unpaired) electrons. The summed E-state index contributed by atoms with van der Waals surface area (Å²) >= 11 is 1.54. The van der Waals surface area contributed by atoms with Gasteiger partial charge in [-0.05, 0) is 34.9 Å². The number of aliphatic hydroxyl groups is 1. The average Bonchev–Trinajstić information content (AvgIpc) is 3.00. The van der Waals surface area contributed by atoms with E-state index in [4.69, 9.17) is 9.47 Å². The van der Waals surface area contributed by atoms with E-state index < -0.39 is 6.29 Å². The van der Waals surface area contributed by atoms with Crippen molar-refractivity contribution >= 4 is 23.5 Å². The molecule has 2 amide bonds. The lowest BCUT2D eigenvalue weighted by atomic mass is 10.0. The first-order valence-electron chi connectivity index (χ1n) is 12.8. The molecular formula is C30H30N4O4S. The number of aliphatic hydroxyl groups excluding tert-OH is 1. The van der Waals surface area contributed by atoms with Crippen LogP contribution in [0.25, 0.3) is 0 Å². The van der Waals surface area contributed by atoms with Gasteiger partial charge in [0, 0.05) is 42.4 Å². The number of amides is 2. The second kappa shape index (κ2) is 13.3. The summed E-state index contributed by atoms with van der Waals surface area (Å²) in [5.41, 5.74) is 4.33. The van der Waals surface area contributed by atoms with Crippen LogP contribution in [0, 0.1) is 0 Å². The SMILES string of the molecule is O=C(NCc1ccccc1)Nc1cccc([C@H]2O[C@@H](CSc3ncccn3)C[C@@H](c3ccc(CO)cc3)O2)c1.